The van der Waals surface area contributed by atoms with E-state index in [4.69, 9.17) is 5.73 Å². The summed E-state index contributed by atoms with van der Waals surface area (Å²) in [5.41, 5.74) is 6.11. The highest BCUT2D eigenvalue weighted by Crippen LogP contribution is 2.27. The number of nitrogens with one attached hydrogen (secondary N) is 1. The van der Waals surface area contributed by atoms with E-state index in [1.807, 2.05) is 0 Å². The number of nitrogens with two attached hydrogens (primary N) is 1. The zero-order valence-electron chi connectivity index (χ0n) is 11.4. The number of carbonyl (C=O) groups is 1. The number of rotatable bonds is 4. The third kappa shape index (κ3) is 4.00. The molecule has 3 N–H and O–H groups in total. The minimum atomic E-state index is -0.983. The normalized spacial score (nSPS) is 17.8. The van der Waals surface area contributed by atoms with E-state index in [-0.39, 0.29) is 11.6 Å². The quantitative estimate of drug-likeness (QED) is 0.891. The molecule has 3 nitrogen and oxygen atoms in total. The Labute approximate surface area is 117 Å². The molecule has 1 aliphatic rings. The van der Waals surface area contributed by atoms with Crippen molar-refractivity contribution in [3.8, 4) is 0 Å². The molecule has 1 atom stereocenters. The largest absolute Gasteiger partial charge is 0.325 e. The molecule has 1 saturated carbocycles. The van der Waals surface area contributed by atoms with Crippen LogP contribution in [-0.4, -0.2) is 11.9 Å². The summed E-state index contributed by atoms with van der Waals surface area (Å²) in [7, 11) is 0. The first-order chi connectivity index (χ1) is 9.56. The first-order valence-corrected chi connectivity index (χ1v) is 7.08. The van der Waals surface area contributed by atoms with Crippen molar-refractivity contribution in [1.29, 1.82) is 0 Å². The molecule has 1 aliphatic carbocycles. The Morgan fingerprint density at radius 2 is 1.95 bits per heavy atom. The molecule has 0 radical (unpaired) electrons. The highest BCUT2D eigenvalue weighted by Gasteiger charge is 2.21. The number of halogens is 2. The van der Waals surface area contributed by atoms with Crippen molar-refractivity contribution in [3.63, 3.8) is 0 Å². The van der Waals surface area contributed by atoms with Crippen molar-refractivity contribution >= 4 is 11.6 Å². The molecule has 1 fully saturated rings. The van der Waals surface area contributed by atoms with Crippen LogP contribution in [-0.2, 0) is 4.79 Å². The standard InChI is InChI=1S/C15H20F2N2O/c16-12-7-6-11(9-13(12)17)19-15(20)14(18)8-10-4-2-1-3-5-10/h6-7,9-10,14H,1-5,8,18H2,(H,19,20). The highest BCUT2D eigenvalue weighted by molar-refractivity contribution is 5.94. The van der Waals surface area contributed by atoms with Gasteiger partial charge in [0.25, 0.3) is 0 Å². The van der Waals surface area contributed by atoms with Crippen molar-refractivity contribution in [2.75, 3.05) is 5.32 Å². The summed E-state index contributed by atoms with van der Waals surface area (Å²) in [6.45, 7) is 0. The summed E-state index contributed by atoms with van der Waals surface area (Å²) in [5.74, 6) is -1.77. The molecule has 0 aliphatic heterocycles. The van der Waals surface area contributed by atoms with Crippen LogP contribution in [0.1, 0.15) is 38.5 Å². The minimum absolute atomic E-state index is 0.230. The number of benzene rings is 1. The number of carbonyl (C=O) groups excluding carboxylic acids is 1. The first kappa shape index (κ1) is 14.9. The van der Waals surface area contributed by atoms with E-state index < -0.39 is 17.7 Å². The smallest absolute Gasteiger partial charge is 0.241 e. The van der Waals surface area contributed by atoms with E-state index in [2.05, 4.69) is 5.32 Å². The first-order valence-electron chi connectivity index (χ1n) is 7.08. The topological polar surface area (TPSA) is 55.1 Å². The molecule has 0 aromatic heterocycles. The van der Waals surface area contributed by atoms with Crippen LogP contribution in [0, 0.1) is 17.6 Å². The predicted octanol–water partition coefficient (Wildman–Crippen LogP) is 3.20. The van der Waals surface area contributed by atoms with Crippen molar-refractivity contribution < 1.29 is 13.6 Å². The maximum atomic E-state index is 13.0. The fourth-order valence-electron chi connectivity index (χ4n) is 2.70. The van der Waals surface area contributed by atoms with E-state index >= 15 is 0 Å². The molecule has 0 spiro atoms. The van der Waals surface area contributed by atoms with Gasteiger partial charge in [0.15, 0.2) is 11.6 Å². The number of hydrogen-bond donors (Lipinski definition) is 2. The minimum Gasteiger partial charge on any atom is -0.325 e. The molecule has 1 amide bonds. The van der Waals surface area contributed by atoms with Gasteiger partial charge in [0.1, 0.15) is 0 Å². The lowest BCUT2D eigenvalue weighted by Crippen LogP contribution is -2.37. The van der Waals surface area contributed by atoms with Crippen LogP contribution >= 0.6 is 0 Å². The molecular weight excluding hydrogens is 262 g/mol. The van der Waals surface area contributed by atoms with E-state index in [1.165, 1.54) is 25.3 Å². The van der Waals surface area contributed by atoms with Crippen LogP contribution in [0.5, 0.6) is 0 Å². The van der Waals surface area contributed by atoms with Crippen molar-refractivity contribution in [1.82, 2.24) is 0 Å². The Morgan fingerprint density at radius 3 is 2.60 bits per heavy atom. The summed E-state index contributed by atoms with van der Waals surface area (Å²) in [5, 5.41) is 2.53. The van der Waals surface area contributed by atoms with Gasteiger partial charge in [0, 0.05) is 11.8 Å². The Hall–Kier alpha value is -1.49. The third-order valence-corrected chi connectivity index (χ3v) is 3.84. The lowest BCUT2D eigenvalue weighted by molar-refractivity contribution is -0.117. The van der Waals surface area contributed by atoms with E-state index in [9.17, 15) is 13.6 Å². The second kappa shape index (κ2) is 6.79. The Morgan fingerprint density at radius 1 is 1.25 bits per heavy atom. The highest BCUT2D eigenvalue weighted by atomic mass is 19.2. The predicted molar refractivity (Wildman–Crippen MR) is 74.2 cm³/mol. The van der Waals surface area contributed by atoms with E-state index in [0.29, 0.717) is 12.3 Å². The van der Waals surface area contributed by atoms with Gasteiger partial charge in [-0.2, -0.15) is 0 Å². The SMILES string of the molecule is NC(CC1CCCCC1)C(=O)Nc1ccc(F)c(F)c1. The average molecular weight is 282 g/mol. The summed E-state index contributed by atoms with van der Waals surface area (Å²) >= 11 is 0. The maximum absolute atomic E-state index is 13.0. The van der Waals surface area contributed by atoms with Gasteiger partial charge in [0.2, 0.25) is 5.91 Å². The summed E-state index contributed by atoms with van der Waals surface area (Å²) in [6, 6.07) is 2.66. The van der Waals surface area contributed by atoms with Gasteiger partial charge in [0.05, 0.1) is 6.04 Å². The van der Waals surface area contributed by atoms with Crippen LogP contribution in [0.2, 0.25) is 0 Å². The van der Waals surface area contributed by atoms with Crippen LogP contribution in [0.25, 0.3) is 0 Å². The Bertz CT molecular complexity index is 473. The fraction of sp³-hybridized carbons (Fsp3) is 0.533. The summed E-state index contributed by atoms with van der Waals surface area (Å²) in [4.78, 5) is 11.9. The molecule has 0 saturated heterocycles. The molecule has 20 heavy (non-hydrogen) atoms. The third-order valence-electron chi connectivity index (χ3n) is 3.84. The molecule has 5 heteroatoms. The molecular formula is C15H20F2N2O. The average Bonchev–Trinajstić information content (AvgIpc) is 2.44. The van der Waals surface area contributed by atoms with Crippen molar-refractivity contribution in [2.45, 2.75) is 44.6 Å². The summed E-state index contributed by atoms with van der Waals surface area (Å²) < 4.78 is 25.8. The molecule has 1 aromatic carbocycles. The van der Waals surface area contributed by atoms with Gasteiger partial charge in [-0.05, 0) is 24.5 Å². The van der Waals surface area contributed by atoms with Gasteiger partial charge in [-0.1, -0.05) is 32.1 Å². The zero-order valence-corrected chi connectivity index (χ0v) is 11.4. The van der Waals surface area contributed by atoms with Gasteiger partial charge < -0.3 is 11.1 Å². The Kier molecular flexibility index (Phi) is 5.06. The lowest BCUT2D eigenvalue weighted by atomic mass is 9.85. The molecule has 1 unspecified atom stereocenters. The molecule has 0 heterocycles. The lowest BCUT2D eigenvalue weighted by Gasteiger charge is -2.24. The monoisotopic (exact) mass is 282 g/mol. The second-order valence-electron chi connectivity index (χ2n) is 5.46. The summed E-state index contributed by atoms with van der Waals surface area (Å²) in [6.07, 6.45) is 6.53. The second-order valence-corrected chi connectivity index (χ2v) is 5.46. The van der Waals surface area contributed by atoms with Crippen LogP contribution in [0.15, 0.2) is 18.2 Å². The number of anilines is 1. The van der Waals surface area contributed by atoms with E-state index in [0.717, 1.165) is 25.0 Å². The van der Waals surface area contributed by atoms with Crippen LogP contribution in [0.4, 0.5) is 14.5 Å². The van der Waals surface area contributed by atoms with Gasteiger partial charge in [-0.25, -0.2) is 8.78 Å². The number of hydrogen-bond acceptors (Lipinski definition) is 2. The van der Waals surface area contributed by atoms with Crippen LogP contribution in [0.3, 0.4) is 0 Å². The molecule has 0 bridgehead atoms. The van der Waals surface area contributed by atoms with E-state index in [1.54, 1.807) is 0 Å². The zero-order chi connectivity index (χ0) is 14.5. The van der Waals surface area contributed by atoms with Crippen molar-refractivity contribution in [3.05, 3.63) is 29.8 Å². The maximum Gasteiger partial charge on any atom is 0.241 e. The molecule has 110 valence electrons. The Balaban J connectivity index is 1.88. The van der Waals surface area contributed by atoms with Crippen molar-refractivity contribution in [2.24, 2.45) is 11.7 Å². The molecule has 1 aromatic rings. The van der Waals surface area contributed by atoms with Gasteiger partial charge >= 0.3 is 0 Å². The van der Waals surface area contributed by atoms with Crippen LogP contribution < -0.4 is 11.1 Å². The van der Waals surface area contributed by atoms with Gasteiger partial charge in [-0.3, -0.25) is 4.79 Å². The molecule has 2 rings (SSSR count). The number of amides is 1. The van der Waals surface area contributed by atoms with Gasteiger partial charge in [-0.15, -0.1) is 0 Å². The fourth-order valence-corrected chi connectivity index (χ4v) is 2.70.